The quantitative estimate of drug-likeness (QED) is 0.562. The molecule has 0 aliphatic carbocycles. The Labute approximate surface area is 76.5 Å². The van der Waals surface area contributed by atoms with Gasteiger partial charge in [-0.2, -0.15) is 11.8 Å². The van der Waals surface area contributed by atoms with Gasteiger partial charge in [-0.1, -0.05) is 0 Å². The number of aliphatic hydroxyl groups is 1. The number of carbonyl (C=O) groups excluding carboxylic acids is 1. The molecule has 0 bridgehead atoms. The average molecular weight is 193 g/mol. The van der Waals surface area contributed by atoms with Crippen LogP contribution in [0.25, 0.3) is 0 Å². The van der Waals surface area contributed by atoms with Gasteiger partial charge in [0.2, 0.25) is 0 Å². The SMILES string of the molecule is CSCC[C@H](N)C(=O)OCCO. The van der Waals surface area contributed by atoms with E-state index in [9.17, 15) is 4.79 Å². The van der Waals surface area contributed by atoms with E-state index in [1.165, 1.54) is 0 Å². The first kappa shape index (κ1) is 11.7. The van der Waals surface area contributed by atoms with Gasteiger partial charge in [-0.3, -0.25) is 4.79 Å². The smallest absolute Gasteiger partial charge is 0.323 e. The van der Waals surface area contributed by atoms with Gasteiger partial charge in [0.15, 0.2) is 0 Å². The fourth-order valence-corrected chi connectivity index (χ4v) is 1.11. The number of hydrogen-bond donors (Lipinski definition) is 2. The zero-order valence-corrected chi connectivity index (χ0v) is 7.97. The molecule has 4 nitrogen and oxygen atoms in total. The second kappa shape index (κ2) is 7.39. The van der Waals surface area contributed by atoms with Crippen LogP contribution in [0.5, 0.6) is 0 Å². The number of hydrogen-bond acceptors (Lipinski definition) is 5. The third kappa shape index (κ3) is 5.40. The summed E-state index contributed by atoms with van der Waals surface area (Å²) in [4.78, 5) is 10.9. The predicted octanol–water partition coefficient (Wildman–Crippen LogP) is -0.398. The van der Waals surface area contributed by atoms with Crippen molar-refractivity contribution < 1.29 is 14.6 Å². The van der Waals surface area contributed by atoms with E-state index in [0.29, 0.717) is 6.42 Å². The Kier molecular flexibility index (Phi) is 7.23. The minimum Gasteiger partial charge on any atom is -0.462 e. The number of nitrogens with two attached hydrogens (primary N) is 1. The van der Waals surface area contributed by atoms with E-state index >= 15 is 0 Å². The van der Waals surface area contributed by atoms with Gasteiger partial charge in [-0.25, -0.2) is 0 Å². The van der Waals surface area contributed by atoms with Crippen LogP contribution in [-0.2, 0) is 9.53 Å². The Morgan fingerprint density at radius 2 is 2.42 bits per heavy atom. The molecule has 0 aromatic carbocycles. The predicted molar refractivity (Wildman–Crippen MR) is 49.0 cm³/mol. The summed E-state index contributed by atoms with van der Waals surface area (Å²) in [5, 5.41) is 8.35. The first-order valence-corrected chi connectivity index (χ1v) is 5.13. The van der Waals surface area contributed by atoms with Crippen LogP contribution in [0.3, 0.4) is 0 Å². The van der Waals surface area contributed by atoms with Crippen molar-refractivity contribution in [2.45, 2.75) is 12.5 Å². The average Bonchev–Trinajstić information content (AvgIpc) is 2.10. The number of rotatable bonds is 6. The summed E-state index contributed by atoms with van der Waals surface area (Å²) < 4.78 is 4.63. The van der Waals surface area contributed by atoms with Gasteiger partial charge >= 0.3 is 5.97 Å². The zero-order chi connectivity index (χ0) is 9.40. The summed E-state index contributed by atoms with van der Waals surface area (Å²) in [6.07, 6.45) is 2.57. The van der Waals surface area contributed by atoms with Gasteiger partial charge in [0.05, 0.1) is 6.61 Å². The molecule has 5 heteroatoms. The number of ether oxygens (including phenoxy) is 1. The van der Waals surface area contributed by atoms with Crippen molar-refractivity contribution in [2.75, 3.05) is 25.2 Å². The Balaban J connectivity index is 3.47. The summed E-state index contributed by atoms with van der Waals surface area (Å²) in [6.45, 7) is -0.118. The second-order valence-corrected chi connectivity index (χ2v) is 3.26. The highest BCUT2D eigenvalue weighted by atomic mass is 32.2. The Morgan fingerprint density at radius 3 is 2.92 bits per heavy atom. The van der Waals surface area contributed by atoms with Crippen LogP contribution in [0, 0.1) is 0 Å². The fourth-order valence-electron chi connectivity index (χ4n) is 0.616. The molecule has 0 radical (unpaired) electrons. The molecule has 1 atom stereocenters. The number of thioether (sulfide) groups is 1. The molecule has 0 amide bonds. The lowest BCUT2D eigenvalue weighted by atomic mass is 10.2. The Morgan fingerprint density at radius 1 is 1.75 bits per heavy atom. The maximum absolute atomic E-state index is 10.9. The van der Waals surface area contributed by atoms with Gasteiger partial charge in [-0.05, 0) is 18.4 Å². The third-order valence-electron chi connectivity index (χ3n) is 1.27. The molecule has 0 saturated heterocycles. The van der Waals surface area contributed by atoms with Crippen LogP contribution in [0.2, 0.25) is 0 Å². The van der Waals surface area contributed by atoms with Crippen LogP contribution in [0.15, 0.2) is 0 Å². The van der Waals surface area contributed by atoms with Gasteiger partial charge in [0.1, 0.15) is 12.6 Å². The van der Waals surface area contributed by atoms with Crippen molar-refractivity contribution in [1.29, 1.82) is 0 Å². The highest BCUT2D eigenvalue weighted by Gasteiger charge is 2.13. The lowest BCUT2D eigenvalue weighted by molar-refractivity contribution is -0.146. The van der Waals surface area contributed by atoms with Crippen LogP contribution >= 0.6 is 11.8 Å². The van der Waals surface area contributed by atoms with E-state index < -0.39 is 12.0 Å². The molecule has 0 aliphatic rings. The summed E-state index contributed by atoms with van der Waals surface area (Å²) in [5.74, 6) is 0.410. The summed E-state index contributed by atoms with van der Waals surface area (Å²) >= 11 is 1.63. The number of aliphatic hydroxyl groups excluding tert-OH is 1. The second-order valence-electron chi connectivity index (χ2n) is 2.28. The normalized spacial score (nSPS) is 12.6. The number of carbonyl (C=O) groups is 1. The fraction of sp³-hybridized carbons (Fsp3) is 0.857. The van der Waals surface area contributed by atoms with E-state index in [-0.39, 0.29) is 13.2 Å². The first-order chi connectivity index (χ1) is 5.72. The van der Waals surface area contributed by atoms with Crippen molar-refractivity contribution >= 4 is 17.7 Å². The monoisotopic (exact) mass is 193 g/mol. The molecule has 0 saturated carbocycles. The third-order valence-corrected chi connectivity index (χ3v) is 1.92. The molecule has 0 heterocycles. The van der Waals surface area contributed by atoms with Crippen LogP contribution in [0.1, 0.15) is 6.42 Å². The van der Waals surface area contributed by atoms with Crippen molar-refractivity contribution in [2.24, 2.45) is 5.73 Å². The Bertz CT molecular complexity index is 132. The molecule has 0 unspecified atom stereocenters. The molecule has 12 heavy (non-hydrogen) atoms. The van der Waals surface area contributed by atoms with Crippen LogP contribution in [0.4, 0.5) is 0 Å². The van der Waals surface area contributed by atoms with Crippen molar-refractivity contribution in [3.05, 3.63) is 0 Å². The molecule has 0 fully saturated rings. The topological polar surface area (TPSA) is 72.6 Å². The maximum atomic E-state index is 10.9. The summed E-state index contributed by atoms with van der Waals surface area (Å²) in [6, 6.07) is -0.552. The molecule has 0 aliphatic heterocycles. The molecule has 3 N–H and O–H groups in total. The maximum Gasteiger partial charge on any atom is 0.323 e. The largest absolute Gasteiger partial charge is 0.462 e. The molecule has 0 aromatic heterocycles. The van der Waals surface area contributed by atoms with Gasteiger partial charge < -0.3 is 15.6 Å². The van der Waals surface area contributed by atoms with E-state index in [1.807, 2.05) is 6.26 Å². The highest BCUT2D eigenvalue weighted by Crippen LogP contribution is 1.99. The van der Waals surface area contributed by atoms with E-state index in [1.54, 1.807) is 11.8 Å². The standard InChI is InChI=1S/C7H15NO3S/c1-12-5-2-6(8)7(10)11-4-3-9/h6,9H,2-5,8H2,1H3/t6-/m0/s1. The van der Waals surface area contributed by atoms with Gasteiger partial charge in [-0.15, -0.1) is 0 Å². The first-order valence-electron chi connectivity index (χ1n) is 3.74. The molecular formula is C7H15NO3S. The van der Waals surface area contributed by atoms with Crippen LogP contribution in [-0.4, -0.2) is 42.3 Å². The Hall–Kier alpha value is -0.260. The molecule has 0 aromatic rings. The van der Waals surface area contributed by atoms with E-state index in [4.69, 9.17) is 10.8 Å². The molecule has 72 valence electrons. The van der Waals surface area contributed by atoms with E-state index in [2.05, 4.69) is 4.74 Å². The highest BCUT2D eigenvalue weighted by molar-refractivity contribution is 7.98. The minimum absolute atomic E-state index is 0.0335. The van der Waals surface area contributed by atoms with Gasteiger partial charge in [0.25, 0.3) is 0 Å². The van der Waals surface area contributed by atoms with Crippen molar-refractivity contribution in [1.82, 2.24) is 0 Å². The number of esters is 1. The molecule has 0 rings (SSSR count). The lowest BCUT2D eigenvalue weighted by Gasteiger charge is -2.09. The molecular weight excluding hydrogens is 178 g/mol. The summed E-state index contributed by atoms with van der Waals surface area (Å²) in [5.41, 5.74) is 5.47. The van der Waals surface area contributed by atoms with E-state index in [0.717, 1.165) is 5.75 Å². The van der Waals surface area contributed by atoms with Crippen molar-refractivity contribution in [3.63, 3.8) is 0 Å². The van der Waals surface area contributed by atoms with Crippen LogP contribution < -0.4 is 5.73 Å². The molecule has 0 spiro atoms. The summed E-state index contributed by atoms with van der Waals surface area (Å²) in [7, 11) is 0. The van der Waals surface area contributed by atoms with Gasteiger partial charge in [0, 0.05) is 0 Å². The minimum atomic E-state index is -0.552. The van der Waals surface area contributed by atoms with Crippen molar-refractivity contribution in [3.8, 4) is 0 Å². The zero-order valence-electron chi connectivity index (χ0n) is 7.16. The lowest BCUT2D eigenvalue weighted by Crippen LogP contribution is -2.33.